The van der Waals surface area contributed by atoms with E-state index in [1.54, 1.807) is 0 Å². The molecule has 2 heteroatoms. The van der Waals surface area contributed by atoms with E-state index in [-0.39, 0.29) is 0 Å². The van der Waals surface area contributed by atoms with Crippen molar-refractivity contribution in [3.05, 3.63) is 12.2 Å². The van der Waals surface area contributed by atoms with Gasteiger partial charge >= 0.3 is 5.97 Å². The molecule has 0 bridgehead atoms. The number of aliphatic carboxylic acids is 1. The third-order valence-electron chi connectivity index (χ3n) is 2.13. The van der Waals surface area contributed by atoms with Gasteiger partial charge in [0.05, 0.1) is 0 Å². The first-order chi connectivity index (χ1) is 6.77. The lowest BCUT2D eigenvalue weighted by molar-refractivity contribution is -0.137. The molecule has 0 aliphatic carbocycles. The van der Waals surface area contributed by atoms with Crippen molar-refractivity contribution >= 4 is 5.97 Å². The molecule has 0 aliphatic rings. The predicted molar refractivity (Wildman–Crippen MR) is 59.4 cm³/mol. The first kappa shape index (κ1) is 13.2. The van der Waals surface area contributed by atoms with Crippen LogP contribution in [0.25, 0.3) is 0 Å². The summed E-state index contributed by atoms with van der Waals surface area (Å²) in [5, 5.41) is 8.40. The summed E-state index contributed by atoms with van der Waals surface area (Å²) in [5.74, 6) is -0.673. The minimum Gasteiger partial charge on any atom is -0.481 e. The highest BCUT2D eigenvalue weighted by Gasteiger charge is 1.95. The summed E-state index contributed by atoms with van der Waals surface area (Å²) in [6, 6.07) is 0. The van der Waals surface area contributed by atoms with Crippen molar-refractivity contribution in [3.8, 4) is 0 Å². The fourth-order valence-corrected chi connectivity index (χ4v) is 1.29. The maximum absolute atomic E-state index is 10.2. The minimum atomic E-state index is -0.673. The van der Waals surface area contributed by atoms with Gasteiger partial charge in [-0.05, 0) is 25.7 Å². The quantitative estimate of drug-likeness (QED) is 0.452. The summed E-state index contributed by atoms with van der Waals surface area (Å²) in [7, 11) is 0. The number of allylic oxidation sites excluding steroid dienone is 2. The Kier molecular flexibility index (Phi) is 9.71. The summed E-state index contributed by atoms with van der Waals surface area (Å²) in [5.41, 5.74) is 0. The van der Waals surface area contributed by atoms with Gasteiger partial charge in [-0.2, -0.15) is 0 Å². The zero-order valence-corrected chi connectivity index (χ0v) is 9.17. The summed E-state index contributed by atoms with van der Waals surface area (Å²) < 4.78 is 0. The number of unbranched alkanes of at least 4 members (excludes halogenated alkanes) is 5. The smallest absolute Gasteiger partial charge is 0.303 e. The summed E-state index contributed by atoms with van der Waals surface area (Å²) in [6.07, 6.45) is 12.6. The lowest BCUT2D eigenvalue weighted by Gasteiger charge is -1.96. The Labute approximate surface area is 87.0 Å². The molecule has 2 nitrogen and oxygen atoms in total. The second-order valence-electron chi connectivity index (χ2n) is 3.61. The molecule has 14 heavy (non-hydrogen) atoms. The molecule has 0 unspecified atom stereocenters. The molecule has 0 aromatic rings. The Morgan fingerprint density at radius 1 is 1.07 bits per heavy atom. The van der Waals surface area contributed by atoms with Crippen molar-refractivity contribution in [3.63, 3.8) is 0 Å². The van der Waals surface area contributed by atoms with Crippen LogP contribution in [0.3, 0.4) is 0 Å². The average Bonchev–Trinajstić information content (AvgIpc) is 2.15. The molecular formula is C12H22O2. The largest absolute Gasteiger partial charge is 0.481 e. The van der Waals surface area contributed by atoms with Crippen molar-refractivity contribution in [2.45, 2.75) is 58.3 Å². The van der Waals surface area contributed by atoms with E-state index >= 15 is 0 Å². The minimum absolute atomic E-state index is 0.325. The highest BCUT2D eigenvalue weighted by atomic mass is 16.4. The van der Waals surface area contributed by atoms with E-state index in [0.717, 1.165) is 25.7 Å². The Bertz CT molecular complexity index is 162. The van der Waals surface area contributed by atoms with Gasteiger partial charge in [0.25, 0.3) is 0 Å². The zero-order chi connectivity index (χ0) is 10.6. The maximum atomic E-state index is 10.2. The Hall–Kier alpha value is -0.790. The molecule has 0 heterocycles. The van der Waals surface area contributed by atoms with Gasteiger partial charge in [-0.25, -0.2) is 0 Å². The maximum Gasteiger partial charge on any atom is 0.303 e. The number of carboxylic acids is 1. The van der Waals surface area contributed by atoms with Gasteiger partial charge in [0.2, 0.25) is 0 Å². The highest BCUT2D eigenvalue weighted by molar-refractivity contribution is 5.66. The normalized spacial score (nSPS) is 10.9. The van der Waals surface area contributed by atoms with Crippen molar-refractivity contribution in [1.82, 2.24) is 0 Å². The molecule has 0 fully saturated rings. The van der Waals surface area contributed by atoms with Gasteiger partial charge in [0, 0.05) is 6.42 Å². The molecule has 0 atom stereocenters. The number of hydrogen-bond donors (Lipinski definition) is 1. The molecule has 0 saturated heterocycles. The van der Waals surface area contributed by atoms with E-state index in [1.807, 2.05) is 0 Å². The molecule has 1 N–H and O–H groups in total. The van der Waals surface area contributed by atoms with Crippen LogP contribution in [0.15, 0.2) is 12.2 Å². The molecule has 0 radical (unpaired) electrons. The van der Waals surface area contributed by atoms with Crippen LogP contribution in [-0.2, 0) is 4.79 Å². The van der Waals surface area contributed by atoms with Gasteiger partial charge in [0.1, 0.15) is 0 Å². The second kappa shape index (κ2) is 10.3. The molecule has 0 aliphatic heterocycles. The second-order valence-corrected chi connectivity index (χ2v) is 3.61. The molecule has 0 aromatic carbocycles. The zero-order valence-electron chi connectivity index (χ0n) is 9.17. The molecule has 0 spiro atoms. The Morgan fingerprint density at radius 3 is 2.36 bits per heavy atom. The van der Waals surface area contributed by atoms with Crippen molar-refractivity contribution in [2.75, 3.05) is 0 Å². The SMILES string of the molecule is CCC/C=C/CCCCCCC(=O)O. The van der Waals surface area contributed by atoms with E-state index in [1.165, 1.54) is 19.3 Å². The molecular weight excluding hydrogens is 176 g/mol. The van der Waals surface area contributed by atoms with Crippen LogP contribution in [0.2, 0.25) is 0 Å². The van der Waals surface area contributed by atoms with Crippen LogP contribution >= 0.6 is 0 Å². The third kappa shape index (κ3) is 11.2. The van der Waals surface area contributed by atoms with Crippen LogP contribution in [0.5, 0.6) is 0 Å². The summed E-state index contributed by atoms with van der Waals surface area (Å²) >= 11 is 0. The summed E-state index contributed by atoms with van der Waals surface area (Å²) in [4.78, 5) is 10.2. The van der Waals surface area contributed by atoms with E-state index in [4.69, 9.17) is 5.11 Å². The Balaban J connectivity index is 3.02. The average molecular weight is 198 g/mol. The van der Waals surface area contributed by atoms with Crippen LogP contribution in [0.1, 0.15) is 58.3 Å². The standard InChI is InChI=1S/C12H22O2/c1-2-3-4-5-6-7-8-9-10-11-12(13)14/h4-5H,2-3,6-11H2,1H3,(H,13,14)/b5-4+. The fourth-order valence-electron chi connectivity index (χ4n) is 1.29. The predicted octanol–water partition coefficient (Wildman–Crippen LogP) is 3.77. The van der Waals surface area contributed by atoms with Gasteiger partial charge < -0.3 is 5.11 Å². The highest BCUT2D eigenvalue weighted by Crippen LogP contribution is 2.06. The van der Waals surface area contributed by atoms with Crippen LogP contribution in [-0.4, -0.2) is 11.1 Å². The summed E-state index contributed by atoms with van der Waals surface area (Å²) in [6.45, 7) is 2.18. The van der Waals surface area contributed by atoms with E-state index < -0.39 is 5.97 Å². The van der Waals surface area contributed by atoms with E-state index in [0.29, 0.717) is 6.42 Å². The molecule has 82 valence electrons. The molecule has 0 aromatic heterocycles. The van der Waals surface area contributed by atoms with Gasteiger partial charge in [-0.15, -0.1) is 0 Å². The molecule has 0 amide bonds. The van der Waals surface area contributed by atoms with Crippen molar-refractivity contribution in [2.24, 2.45) is 0 Å². The first-order valence-electron chi connectivity index (χ1n) is 5.64. The van der Waals surface area contributed by atoms with Crippen molar-refractivity contribution in [1.29, 1.82) is 0 Å². The van der Waals surface area contributed by atoms with E-state index in [9.17, 15) is 4.79 Å². The number of hydrogen-bond acceptors (Lipinski definition) is 1. The van der Waals surface area contributed by atoms with Crippen molar-refractivity contribution < 1.29 is 9.90 Å². The first-order valence-corrected chi connectivity index (χ1v) is 5.64. The number of rotatable bonds is 9. The lowest BCUT2D eigenvalue weighted by atomic mass is 10.1. The fraction of sp³-hybridized carbons (Fsp3) is 0.750. The number of carboxylic acid groups (broad SMARTS) is 1. The monoisotopic (exact) mass is 198 g/mol. The third-order valence-corrected chi connectivity index (χ3v) is 2.13. The van der Waals surface area contributed by atoms with Crippen LogP contribution in [0.4, 0.5) is 0 Å². The Morgan fingerprint density at radius 2 is 1.71 bits per heavy atom. The molecule has 0 rings (SSSR count). The van der Waals surface area contributed by atoms with E-state index in [2.05, 4.69) is 19.1 Å². The lowest BCUT2D eigenvalue weighted by Crippen LogP contribution is -1.93. The van der Waals surface area contributed by atoms with Gasteiger partial charge in [-0.3, -0.25) is 4.79 Å². The van der Waals surface area contributed by atoms with Gasteiger partial charge in [-0.1, -0.05) is 38.3 Å². The van der Waals surface area contributed by atoms with Crippen LogP contribution in [0, 0.1) is 0 Å². The number of carbonyl (C=O) groups is 1. The van der Waals surface area contributed by atoms with Gasteiger partial charge in [0.15, 0.2) is 0 Å². The topological polar surface area (TPSA) is 37.3 Å². The van der Waals surface area contributed by atoms with Crippen LogP contribution < -0.4 is 0 Å². The molecule has 0 saturated carbocycles.